The van der Waals surface area contributed by atoms with E-state index in [-0.39, 0.29) is 12.4 Å². The fourth-order valence-electron chi connectivity index (χ4n) is 1.30. The molecule has 0 heterocycles. The zero-order chi connectivity index (χ0) is 10.7. The average molecular weight is 255 g/mol. The summed E-state index contributed by atoms with van der Waals surface area (Å²) in [5.41, 5.74) is 8.41. The smallest absolute Gasteiger partial charge is 0.0617 e. The molecule has 0 saturated heterocycles. The fraction of sp³-hybridized carbons (Fsp3) is 0. The SMILES string of the molecule is Cl.Nc1ccccc1Nc1ccc(Cl)cc1. The van der Waals surface area contributed by atoms with Gasteiger partial charge in [-0.15, -0.1) is 12.4 Å². The summed E-state index contributed by atoms with van der Waals surface area (Å²) in [7, 11) is 0. The van der Waals surface area contributed by atoms with Gasteiger partial charge in [-0.05, 0) is 36.4 Å². The normalized spacial score (nSPS) is 9.31. The molecular weight excluding hydrogens is 243 g/mol. The van der Waals surface area contributed by atoms with E-state index in [9.17, 15) is 0 Å². The molecule has 0 radical (unpaired) electrons. The van der Waals surface area contributed by atoms with Crippen molar-refractivity contribution in [2.24, 2.45) is 0 Å². The number of anilines is 3. The molecule has 0 unspecified atom stereocenters. The zero-order valence-corrected chi connectivity index (χ0v) is 10.1. The molecule has 0 atom stereocenters. The van der Waals surface area contributed by atoms with Crippen LogP contribution in [0.3, 0.4) is 0 Å². The maximum absolute atomic E-state index is 5.81. The monoisotopic (exact) mass is 254 g/mol. The van der Waals surface area contributed by atoms with Crippen LogP contribution >= 0.6 is 24.0 Å². The minimum atomic E-state index is 0. The van der Waals surface area contributed by atoms with Crippen molar-refractivity contribution in [1.29, 1.82) is 0 Å². The Morgan fingerprint density at radius 3 is 2.19 bits per heavy atom. The molecule has 0 fully saturated rings. The summed E-state index contributed by atoms with van der Waals surface area (Å²) in [6.45, 7) is 0. The van der Waals surface area contributed by atoms with Crippen molar-refractivity contribution in [3.05, 3.63) is 53.6 Å². The van der Waals surface area contributed by atoms with Crippen LogP contribution in [0.4, 0.5) is 17.1 Å². The number of nitrogen functional groups attached to an aromatic ring is 1. The van der Waals surface area contributed by atoms with Crippen LogP contribution in [-0.2, 0) is 0 Å². The van der Waals surface area contributed by atoms with E-state index in [1.54, 1.807) is 0 Å². The minimum Gasteiger partial charge on any atom is -0.397 e. The van der Waals surface area contributed by atoms with Crippen molar-refractivity contribution in [2.75, 3.05) is 11.1 Å². The summed E-state index contributed by atoms with van der Waals surface area (Å²) >= 11 is 5.79. The van der Waals surface area contributed by atoms with Gasteiger partial charge < -0.3 is 11.1 Å². The third kappa shape index (κ3) is 3.05. The number of rotatable bonds is 2. The van der Waals surface area contributed by atoms with Gasteiger partial charge in [-0.1, -0.05) is 23.7 Å². The second-order valence-electron chi connectivity index (χ2n) is 3.22. The van der Waals surface area contributed by atoms with Crippen LogP contribution in [0.25, 0.3) is 0 Å². The molecule has 2 aromatic rings. The molecule has 0 aliphatic carbocycles. The second-order valence-corrected chi connectivity index (χ2v) is 3.66. The van der Waals surface area contributed by atoms with Crippen LogP contribution in [-0.4, -0.2) is 0 Å². The molecule has 0 bridgehead atoms. The molecule has 0 spiro atoms. The van der Waals surface area contributed by atoms with Crippen molar-refractivity contribution in [2.45, 2.75) is 0 Å². The first-order valence-electron chi connectivity index (χ1n) is 4.63. The van der Waals surface area contributed by atoms with E-state index in [4.69, 9.17) is 17.3 Å². The van der Waals surface area contributed by atoms with E-state index in [1.807, 2.05) is 48.5 Å². The summed E-state index contributed by atoms with van der Waals surface area (Å²) in [4.78, 5) is 0. The summed E-state index contributed by atoms with van der Waals surface area (Å²) in [5, 5.41) is 3.94. The Bertz CT molecular complexity index is 455. The Balaban J connectivity index is 0.00000128. The molecule has 2 aromatic carbocycles. The molecule has 2 nitrogen and oxygen atoms in total. The van der Waals surface area contributed by atoms with E-state index in [0.717, 1.165) is 22.1 Å². The van der Waals surface area contributed by atoms with Crippen LogP contribution in [0.5, 0.6) is 0 Å². The van der Waals surface area contributed by atoms with Crippen LogP contribution in [0.15, 0.2) is 48.5 Å². The number of para-hydroxylation sites is 2. The number of halogens is 2. The van der Waals surface area contributed by atoms with Crippen molar-refractivity contribution in [1.82, 2.24) is 0 Å². The standard InChI is InChI=1S/C12H11ClN2.ClH/c13-9-5-7-10(8-6-9)15-12-4-2-1-3-11(12)14;/h1-8,15H,14H2;1H. The van der Waals surface area contributed by atoms with Crippen molar-refractivity contribution in [3.63, 3.8) is 0 Å². The molecule has 0 aliphatic heterocycles. The lowest BCUT2D eigenvalue weighted by Crippen LogP contribution is -1.95. The lowest BCUT2D eigenvalue weighted by molar-refractivity contribution is 1.55. The number of hydrogen-bond donors (Lipinski definition) is 2. The Morgan fingerprint density at radius 1 is 0.938 bits per heavy atom. The molecule has 0 saturated carbocycles. The largest absolute Gasteiger partial charge is 0.397 e. The number of benzene rings is 2. The maximum atomic E-state index is 5.81. The summed E-state index contributed by atoms with van der Waals surface area (Å²) in [5.74, 6) is 0. The third-order valence-electron chi connectivity index (χ3n) is 2.08. The van der Waals surface area contributed by atoms with Crippen molar-refractivity contribution in [3.8, 4) is 0 Å². The molecule has 0 amide bonds. The van der Waals surface area contributed by atoms with Gasteiger partial charge in [-0.2, -0.15) is 0 Å². The van der Waals surface area contributed by atoms with E-state index < -0.39 is 0 Å². The number of nitrogens with one attached hydrogen (secondary N) is 1. The molecule has 84 valence electrons. The summed E-state index contributed by atoms with van der Waals surface area (Å²) in [6, 6.07) is 15.1. The minimum absolute atomic E-state index is 0. The third-order valence-corrected chi connectivity index (χ3v) is 2.34. The summed E-state index contributed by atoms with van der Waals surface area (Å²) < 4.78 is 0. The van der Waals surface area contributed by atoms with Gasteiger partial charge in [0.05, 0.1) is 11.4 Å². The Labute approximate surface area is 106 Å². The maximum Gasteiger partial charge on any atom is 0.0617 e. The van der Waals surface area contributed by atoms with Gasteiger partial charge >= 0.3 is 0 Å². The topological polar surface area (TPSA) is 38.0 Å². The molecule has 16 heavy (non-hydrogen) atoms. The fourth-order valence-corrected chi connectivity index (χ4v) is 1.43. The van der Waals surface area contributed by atoms with Gasteiger partial charge in [0.15, 0.2) is 0 Å². The van der Waals surface area contributed by atoms with Crippen molar-refractivity contribution < 1.29 is 0 Å². The highest BCUT2D eigenvalue weighted by Crippen LogP contribution is 2.23. The number of hydrogen-bond acceptors (Lipinski definition) is 2. The van der Waals surface area contributed by atoms with Crippen LogP contribution in [0.2, 0.25) is 5.02 Å². The van der Waals surface area contributed by atoms with Gasteiger partial charge in [-0.3, -0.25) is 0 Å². The van der Waals surface area contributed by atoms with E-state index >= 15 is 0 Å². The van der Waals surface area contributed by atoms with Crippen LogP contribution < -0.4 is 11.1 Å². The van der Waals surface area contributed by atoms with Gasteiger partial charge in [0, 0.05) is 10.7 Å². The first-order chi connectivity index (χ1) is 7.25. The van der Waals surface area contributed by atoms with Gasteiger partial charge in [0.1, 0.15) is 0 Å². The first kappa shape index (κ1) is 12.7. The second kappa shape index (κ2) is 5.64. The van der Waals surface area contributed by atoms with Gasteiger partial charge in [0.25, 0.3) is 0 Å². The van der Waals surface area contributed by atoms with Gasteiger partial charge in [0.2, 0.25) is 0 Å². The Hall–Kier alpha value is -1.38. The molecule has 3 N–H and O–H groups in total. The average Bonchev–Trinajstić information content (AvgIpc) is 2.25. The Kier molecular flexibility index (Phi) is 4.47. The Morgan fingerprint density at radius 2 is 1.56 bits per heavy atom. The summed E-state index contributed by atoms with van der Waals surface area (Å²) in [6.07, 6.45) is 0. The highest BCUT2D eigenvalue weighted by molar-refractivity contribution is 6.30. The van der Waals surface area contributed by atoms with E-state index in [1.165, 1.54) is 0 Å². The highest BCUT2D eigenvalue weighted by atomic mass is 35.5. The van der Waals surface area contributed by atoms with E-state index in [0.29, 0.717) is 0 Å². The molecule has 2 rings (SSSR count). The molecule has 0 aromatic heterocycles. The van der Waals surface area contributed by atoms with Crippen molar-refractivity contribution >= 4 is 41.1 Å². The predicted molar refractivity (Wildman–Crippen MR) is 72.8 cm³/mol. The molecular formula is C12H12Cl2N2. The van der Waals surface area contributed by atoms with Crippen LogP contribution in [0.1, 0.15) is 0 Å². The van der Waals surface area contributed by atoms with E-state index in [2.05, 4.69) is 5.32 Å². The molecule has 0 aliphatic rings. The quantitative estimate of drug-likeness (QED) is 0.793. The first-order valence-corrected chi connectivity index (χ1v) is 5.00. The molecule has 4 heteroatoms. The number of nitrogens with two attached hydrogens (primary N) is 1. The highest BCUT2D eigenvalue weighted by Gasteiger charge is 1.97. The lowest BCUT2D eigenvalue weighted by atomic mass is 10.2. The predicted octanol–water partition coefficient (Wildman–Crippen LogP) is 4.09. The lowest BCUT2D eigenvalue weighted by Gasteiger charge is -2.08. The van der Waals surface area contributed by atoms with Crippen LogP contribution in [0, 0.1) is 0 Å². The zero-order valence-electron chi connectivity index (χ0n) is 8.48. The van der Waals surface area contributed by atoms with Gasteiger partial charge in [-0.25, -0.2) is 0 Å².